The van der Waals surface area contributed by atoms with Gasteiger partial charge < -0.3 is 4.74 Å². The highest BCUT2D eigenvalue weighted by atomic mass is 79.9. The molecule has 0 unspecified atom stereocenters. The van der Waals surface area contributed by atoms with E-state index < -0.39 is 11.6 Å². The summed E-state index contributed by atoms with van der Waals surface area (Å²) in [7, 11) is 0. The lowest BCUT2D eigenvalue weighted by atomic mass is 10.2. The number of hydrogen-bond acceptors (Lipinski definition) is 3. The predicted octanol–water partition coefficient (Wildman–Crippen LogP) is 2.61. The van der Waals surface area contributed by atoms with Crippen LogP contribution in [0, 0.1) is 0 Å². The summed E-state index contributed by atoms with van der Waals surface area (Å²) in [5.41, 5.74) is -0.942. The second-order valence-corrected chi connectivity index (χ2v) is 5.72. The summed E-state index contributed by atoms with van der Waals surface area (Å²) >= 11 is 8.94. The van der Waals surface area contributed by atoms with Crippen molar-refractivity contribution in [3.05, 3.63) is 32.1 Å². The quantitative estimate of drug-likeness (QED) is 0.621. The summed E-state index contributed by atoms with van der Waals surface area (Å²) in [4.78, 5) is 23.3. The first kappa shape index (κ1) is 14.3. The lowest BCUT2D eigenvalue weighted by Gasteiger charge is -2.20. The van der Waals surface area contributed by atoms with Crippen LogP contribution in [-0.4, -0.2) is 16.1 Å². The minimum atomic E-state index is -0.584. The van der Waals surface area contributed by atoms with Crippen molar-refractivity contribution in [2.24, 2.45) is 0 Å². The molecule has 0 saturated carbocycles. The van der Waals surface area contributed by atoms with Crippen molar-refractivity contribution < 1.29 is 9.53 Å². The van der Waals surface area contributed by atoms with Gasteiger partial charge in [0.15, 0.2) is 0 Å². The molecule has 0 bridgehead atoms. The van der Waals surface area contributed by atoms with E-state index in [1.54, 1.807) is 20.8 Å². The summed E-state index contributed by atoms with van der Waals surface area (Å²) in [5, 5.41) is 0.198. The van der Waals surface area contributed by atoms with E-state index in [1.165, 1.54) is 12.1 Å². The van der Waals surface area contributed by atoms with E-state index in [9.17, 15) is 9.59 Å². The van der Waals surface area contributed by atoms with Gasteiger partial charge in [-0.1, -0.05) is 11.6 Å². The monoisotopic (exact) mass is 321 g/mol. The molecule has 0 aromatic carbocycles. The van der Waals surface area contributed by atoms with E-state index in [0.29, 0.717) is 4.47 Å². The highest BCUT2D eigenvalue weighted by molar-refractivity contribution is 9.10. The number of aromatic nitrogens is 1. The Hall–Kier alpha value is -0.810. The van der Waals surface area contributed by atoms with Crippen LogP contribution in [0.15, 0.2) is 21.4 Å². The van der Waals surface area contributed by atoms with Crippen LogP contribution in [0.1, 0.15) is 20.8 Å². The number of rotatable bonds is 2. The largest absolute Gasteiger partial charge is 0.459 e. The second kappa shape index (κ2) is 5.23. The summed E-state index contributed by atoms with van der Waals surface area (Å²) < 4.78 is 6.62. The standard InChI is InChI=1S/C11H13BrClNO3/c1-11(2,3)17-9(15)6-14-8(13)5-4-7(12)10(14)16/h4-5H,6H2,1-3H3. The number of carbonyl (C=O) groups excluding carboxylic acids is 1. The number of esters is 1. The highest BCUT2D eigenvalue weighted by Crippen LogP contribution is 2.12. The molecule has 0 radical (unpaired) electrons. The van der Waals surface area contributed by atoms with Gasteiger partial charge in [0.05, 0.1) is 4.47 Å². The average molecular weight is 323 g/mol. The van der Waals surface area contributed by atoms with Crippen LogP contribution in [0.2, 0.25) is 5.15 Å². The first-order valence-electron chi connectivity index (χ1n) is 4.97. The fourth-order valence-electron chi connectivity index (χ4n) is 1.18. The molecule has 1 heterocycles. The maximum Gasteiger partial charge on any atom is 0.326 e. The van der Waals surface area contributed by atoms with Crippen LogP contribution in [0.3, 0.4) is 0 Å². The fraction of sp³-hybridized carbons (Fsp3) is 0.455. The Morgan fingerprint density at radius 1 is 1.47 bits per heavy atom. The van der Waals surface area contributed by atoms with E-state index in [-0.39, 0.29) is 17.3 Å². The number of halogens is 2. The van der Waals surface area contributed by atoms with Gasteiger partial charge in [-0.05, 0) is 48.8 Å². The minimum absolute atomic E-state index is 0.198. The zero-order valence-electron chi connectivity index (χ0n) is 9.79. The van der Waals surface area contributed by atoms with Crippen molar-refractivity contribution in [3.63, 3.8) is 0 Å². The Morgan fingerprint density at radius 2 is 2.06 bits per heavy atom. The molecule has 0 amide bonds. The summed E-state index contributed by atoms with van der Waals surface area (Å²) in [6.45, 7) is 5.08. The maximum absolute atomic E-state index is 11.7. The van der Waals surface area contributed by atoms with Crippen molar-refractivity contribution in [1.82, 2.24) is 4.57 Å². The first-order chi connectivity index (χ1) is 7.70. The van der Waals surface area contributed by atoms with Crippen LogP contribution in [0.4, 0.5) is 0 Å². The van der Waals surface area contributed by atoms with Gasteiger partial charge in [0.2, 0.25) is 0 Å². The number of hydrogen-bond donors (Lipinski definition) is 0. The molecule has 94 valence electrons. The zero-order valence-corrected chi connectivity index (χ0v) is 12.1. The molecule has 6 heteroatoms. The second-order valence-electron chi connectivity index (χ2n) is 4.48. The molecular weight excluding hydrogens is 309 g/mol. The highest BCUT2D eigenvalue weighted by Gasteiger charge is 2.18. The lowest BCUT2D eigenvalue weighted by Crippen LogP contribution is -2.31. The first-order valence-corrected chi connectivity index (χ1v) is 6.14. The Kier molecular flexibility index (Phi) is 4.38. The van der Waals surface area contributed by atoms with Crippen molar-refractivity contribution in [2.45, 2.75) is 32.9 Å². The Bertz CT molecular complexity index is 490. The van der Waals surface area contributed by atoms with Crippen molar-refractivity contribution >= 4 is 33.5 Å². The normalized spacial score (nSPS) is 11.4. The SMILES string of the molecule is CC(C)(C)OC(=O)Cn1c(Cl)ccc(Br)c1=O. The maximum atomic E-state index is 11.7. The average Bonchev–Trinajstić information content (AvgIpc) is 2.16. The Balaban J connectivity index is 2.93. The van der Waals surface area contributed by atoms with E-state index >= 15 is 0 Å². The van der Waals surface area contributed by atoms with E-state index in [4.69, 9.17) is 16.3 Å². The topological polar surface area (TPSA) is 48.3 Å². The van der Waals surface area contributed by atoms with Gasteiger partial charge in [-0.15, -0.1) is 0 Å². The van der Waals surface area contributed by atoms with Gasteiger partial charge in [-0.25, -0.2) is 0 Å². The summed E-state index contributed by atoms with van der Waals surface area (Å²) in [6, 6.07) is 3.08. The van der Waals surface area contributed by atoms with Gasteiger partial charge in [0, 0.05) is 0 Å². The van der Waals surface area contributed by atoms with Gasteiger partial charge in [0.1, 0.15) is 17.3 Å². The lowest BCUT2D eigenvalue weighted by molar-refractivity contribution is -0.155. The molecular formula is C11H13BrClNO3. The van der Waals surface area contributed by atoms with E-state index in [0.717, 1.165) is 4.57 Å². The smallest absolute Gasteiger partial charge is 0.326 e. The number of pyridine rings is 1. The third-order valence-electron chi connectivity index (χ3n) is 1.78. The van der Waals surface area contributed by atoms with Crippen molar-refractivity contribution in [3.8, 4) is 0 Å². The molecule has 1 rings (SSSR count). The molecule has 0 N–H and O–H groups in total. The van der Waals surface area contributed by atoms with E-state index in [2.05, 4.69) is 15.9 Å². The third-order valence-corrected chi connectivity index (χ3v) is 2.72. The van der Waals surface area contributed by atoms with Crippen LogP contribution < -0.4 is 5.56 Å². The third kappa shape index (κ3) is 4.16. The van der Waals surface area contributed by atoms with Crippen LogP contribution in [0.25, 0.3) is 0 Å². The minimum Gasteiger partial charge on any atom is -0.459 e. The van der Waals surface area contributed by atoms with Crippen LogP contribution in [-0.2, 0) is 16.1 Å². The van der Waals surface area contributed by atoms with Gasteiger partial charge in [0.25, 0.3) is 5.56 Å². The fourth-order valence-corrected chi connectivity index (χ4v) is 1.73. The number of nitrogens with zero attached hydrogens (tertiary/aromatic N) is 1. The molecule has 1 aromatic rings. The zero-order chi connectivity index (χ0) is 13.2. The van der Waals surface area contributed by atoms with Crippen molar-refractivity contribution in [1.29, 1.82) is 0 Å². The molecule has 0 atom stereocenters. The van der Waals surface area contributed by atoms with Crippen molar-refractivity contribution in [2.75, 3.05) is 0 Å². The molecule has 4 nitrogen and oxygen atoms in total. The van der Waals surface area contributed by atoms with Gasteiger partial charge >= 0.3 is 5.97 Å². The van der Waals surface area contributed by atoms with Crippen LogP contribution >= 0.6 is 27.5 Å². The summed E-state index contributed by atoms with van der Waals surface area (Å²) in [6.07, 6.45) is 0. The van der Waals surface area contributed by atoms with Gasteiger partial charge in [-0.3, -0.25) is 14.2 Å². The summed E-state index contributed by atoms with van der Waals surface area (Å²) in [5.74, 6) is -0.500. The van der Waals surface area contributed by atoms with E-state index in [1.807, 2.05) is 0 Å². The molecule has 17 heavy (non-hydrogen) atoms. The Morgan fingerprint density at radius 3 is 2.59 bits per heavy atom. The molecule has 1 aromatic heterocycles. The molecule has 0 spiro atoms. The number of ether oxygens (including phenoxy) is 1. The van der Waals surface area contributed by atoms with Crippen LogP contribution in [0.5, 0.6) is 0 Å². The predicted molar refractivity (Wildman–Crippen MR) is 69.3 cm³/mol. The molecule has 0 saturated heterocycles. The Labute approximate surface area is 113 Å². The number of carbonyl (C=O) groups is 1. The molecule has 0 fully saturated rings. The molecule has 0 aliphatic heterocycles. The molecule has 0 aliphatic rings. The van der Waals surface area contributed by atoms with Gasteiger partial charge in [-0.2, -0.15) is 0 Å². The molecule has 0 aliphatic carbocycles.